The van der Waals surface area contributed by atoms with Crippen molar-refractivity contribution in [2.45, 2.75) is 49.4 Å². The molecule has 3 heterocycles. The zero-order chi connectivity index (χ0) is 30.8. The van der Waals surface area contributed by atoms with Crippen LogP contribution in [0.1, 0.15) is 53.4 Å². The zero-order valence-corrected chi connectivity index (χ0v) is 25.3. The van der Waals surface area contributed by atoms with Crippen LogP contribution in [0.15, 0.2) is 109 Å². The summed E-state index contributed by atoms with van der Waals surface area (Å²) in [6.07, 6.45) is 0.365. The first-order valence-electron chi connectivity index (χ1n) is 15.8. The Bertz CT molecular complexity index is 1590. The van der Waals surface area contributed by atoms with Crippen molar-refractivity contribution in [1.82, 2.24) is 10.2 Å². The van der Waals surface area contributed by atoms with Crippen molar-refractivity contribution in [3.05, 3.63) is 131 Å². The lowest BCUT2D eigenvalue weighted by atomic mass is 9.82. The summed E-state index contributed by atoms with van der Waals surface area (Å²) in [4.78, 5) is 18.0. The van der Waals surface area contributed by atoms with Gasteiger partial charge in [0.25, 0.3) is 0 Å². The molecule has 3 aliphatic heterocycles. The Hall–Kier alpha value is -4.21. The number of hydrogen-bond acceptors (Lipinski definition) is 7. The number of nitrogen functional groups attached to an aromatic ring is 1. The molecule has 3 aliphatic rings. The summed E-state index contributed by atoms with van der Waals surface area (Å²) in [7, 11) is 0. The van der Waals surface area contributed by atoms with Gasteiger partial charge in [0.15, 0.2) is 6.29 Å². The lowest BCUT2D eigenvalue weighted by Crippen LogP contribution is -2.57. The van der Waals surface area contributed by atoms with Gasteiger partial charge in [-0.25, -0.2) is 0 Å². The summed E-state index contributed by atoms with van der Waals surface area (Å²) in [6.45, 7) is 2.76. The standard InChI is InChI=1S/C37H40N4O4/c38-30-11-7-10-29(22-30)35-44-32(33(27-8-3-1-4-9-27)34(45-35)28-16-14-26(24-42)15-17-28)23-40-20-18-37(19-21-40)36(43)39-25-41(37)31-12-5-2-6-13-31/h1-17,22,32-35,42H,18-21,23-25,38H2,(H,39,43)/t32-,33-,34+,35?/m1/s1. The van der Waals surface area contributed by atoms with Crippen LogP contribution in [-0.2, 0) is 20.9 Å². The van der Waals surface area contributed by atoms with E-state index in [9.17, 15) is 9.90 Å². The molecule has 1 unspecified atom stereocenters. The predicted molar refractivity (Wildman–Crippen MR) is 174 cm³/mol. The summed E-state index contributed by atoms with van der Waals surface area (Å²) in [5, 5.41) is 12.8. The normalized spacial score (nSPS) is 24.9. The predicted octanol–water partition coefficient (Wildman–Crippen LogP) is 5.13. The van der Waals surface area contributed by atoms with E-state index in [2.05, 4.69) is 51.5 Å². The molecule has 232 valence electrons. The molecule has 8 heteroatoms. The average molecular weight is 605 g/mol. The number of aliphatic hydroxyl groups is 1. The molecule has 1 spiro atoms. The second-order valence-electron chi connectivity index (χ2n) is 12.3. The summed E-state index contributed by atoms with van der Waals surface area (Å²) >= 11 is 0. The maximum atomic E-state index is 13.3. The van der Waals surface area contributed by atoms with E-state index < -0.39 is 11.8 Å². The molecule has 3 saturated heterocycles. The van der Waals surface area contributed by atoms with E-state index in [0.29, 0.717) is 18.9 Å². The molecule has 3 fully saturated rings. The Kier molecular flexibility index (Phi) is 8.29. The van der Waals surface area contributed by atoms with Crippen molar-refractivity contribution in [3.8, 4) is 0 Å². The Morgan fingerprint density at radius 1 is 0.822 bits per heavy atom. The van der Waals surface area contributed by atoms with Crippen LogP contribution in [0.25, 0.3) is 0 Å². The number of rotatable bonds is 7. The highest BCUT2D eigenvalue weighted by Gasteiger charge is 2.51. The molecule has 0 aliphatic carbocycles. The number of para-hydroxylation sites is 1. The number of carbonyl (C=O) groups excluding carboxylic acids is 1. The number of carbonyl (C=O) groups is 1. The van der Waals surface area contributed by atoms with E-state index in [1.807, 2.05) is 72.8 Å². The Morgan fingerprint density at radius 3 is 2.20 bits per heavy atom. The maximum Gasteiger partial charge on any atom is 0.247 e. The molecule has 0 radical (unpaired) electrons. The molecular weight excluding hydrogens is 564 g/mol. The minimum Gasteiger partial charge on any atom is -0.399 e. The summed E-state index contributed by atoms with van der Waals surface area (Å²) in [5.74, 6) is 0.0265. The molecule has 7 rings (SSSR count). The first kappa shape index (κ1) is 29.5. The van der Waals surface area contributed by atoms with Gasteiger partial charge in [-0.3, -0.25) is 4.79 Å². The highest BCUT2D eigenvalue weighted by Crippen LogP contribution is 2.47. The number of nitrogens with one attached hydrogen (secondary N) is 1. The van der Waals surface area contributed by atoms with Crippen LogP contribution in [0.5, 0.6) is 0 Å². The van der Waals surface area contributed by atoms with E-state index in [4.69, 9.17) is 15.2 Å². The third-order valence-corrected chi connectivity index (χ3v) is 9.68. The van der Waals surface area contributed by atoms with Gasteiger partial charge in [-0.1, -0.05) is 84.9 Å². The minimum absolute atomic E-state index is 0.0122. The fourth-order valence-corrected chi connectivity index (χ4v) is 7.26. The highest BCUT2D eigenvalue weighted by molar-refractivity contribution is 5.93. The number of anilines is 2. The monoisotopic (exact) mass is 604 g/mol. The quantitative estimate of drug-likeness (QED) is 0.252. The van der Waals surface area contributed by atoms with Gasteiger partial charge in [0.2, 0.25) is 5.91 Å². The van der Waals surface area contributed by atoms with Crippen molar-refractivity contribution in [3.63, 3.8) is 0 Å². The fraction of sp³-hybridized carbons (Fsp3) is 0.324. The van der Waals surface area contributed by atoms with Crippen molar-refractivity contribution in [2.75, 3.05) is 36.9 Å². The van der Waals surface area contributed by atoms with Crippen LogP contribution < -0.4 is 16.0 Å². The highest BCUT2D eigenvalue weighted by atomic mass is 16.7. The van der Waals surface area contributed by atoms with Gasteiger partial charge in [-0.2, -0.15) is 0 Å². The topological polar surface area (TPSA) is 100 Å². The third kappa shape index (κ3) is 5.82. The third-order valence-electron chi connectivity index (χ3n) is 9.68. The van der Waals surface area contributed by atoms with Crippen LogP contribution >= 0.6 is 0 Å². The molecule has 0 saturated carbocycles. The number of nitrogens with zero attached hydrogens (tertiary/aromatic N) is 2. The average Bonchev–Trinajstić information content (AvgIpc) is 3.40. The smallest absolute Gasteiger partial charge is 0.247 e. The number of amides is 1. The molecule has 4 N–H and O–H groups in total. The number of likely N-dealkylation sites (tertiary alicyclic amines) is 1. The Morgan fingerprint density at radius 2 is 1.51 bits per heavy atom. The summed E-state index contributed by atoms with van der Waals surface area (Å²) in [5.41, 5.74) is 11.3. The van der Waals surface area contributed by atoms with Gasteiger partial charge in [0.1, 0.15) is 5.54 Å². The molecule has 0 bridgehead atoms. The molecular formula is C37H40N4O4. The van der Waals surface area contributed by atoms with Crippen LogP contribution in [0.2, 0.25) is 0 Å². The van der Waals surface area contributed by atoms with Crippen molar-refractivity contribution in [1.29, 1.82) is 0 Å². The van der Waals surface area contributed by atoms with Gasteiger partial charge in [0.05, 0.1) is 25.5 Å². The molecule has 1 amide bonds. The number of nitrogens with two attached hydrogens (primary N) is 1. The second kappa shape index (κ2) is 12.7. The van der Waals surface area contributed by atoms with Gasteiger partial charge in [-0.05, 0) is 53.8 Å². The minimum atomic E-state index is -0.605. The number of benzene rings is 4. The number of piperidine rings is 1. The van der Waals surface area contributed by atoms with E-state index in [0.717, 1.165) is 53.9 Å². The van der Waals surface area contributed by atoms with Crippen molar-refractivity contribution >= 4 is 17.3 Å². The van der Waals surface area contributed by atoms with Gasteiger partial charge >= 0.3 is 0 Å². The first-order valence-corrected chi connectivity index (χ1v) is 15.8. The molecule has 45 heavy (non-hydrogen) atoms. The van der Waals surface area contributed by atoms with E-state index >= 15 is 0 Å². The van der Waals surface area contributed by atoms with Crippen LogP contribution in [0, 0.1) is 0 Å². The van der Waals surface area contributed by atoms with Gasteiger partial charge < -0.3 is 35.4 Å². The van der Waals surface area contributed by atoms with E-state index in [-0.39, 0.29) is 30.6 Å². The van der Waals surface area contributed by atoms with E-state index in [1.54, 1.807) is 0 Å². The lowest BCUT2D eigenvalue weighted by Gasteiger charge is -2.47. The maximum absolute atomic E-state index is 13.3. The van der Waals surface area contributed by atoms with Gasteiger partial charge in [0, 0.05) is 42.5 Å². The summed E-state index contributed by atoms with van der Waals surface area (Å²) in [6, 6.07) is 36.4. The van der Waals surface area contributed by atoms with Crippen LogP contribution in [0.3, 0.4) is 0 Å². The lowest BCUT2D eigenvalue weighted by molar-refractivity contribution is -0.264. The second-order valence-corrected chi connectivity index (χ2v) is 12.3. The van der Waals surface area contributed by atoms with Gasteiger partial charge in [-0.15, -0.1) is 0 Å². The largest absolute Gasteiger partial charge is 0.399 e. The fourth-order valence-electron chi connectivity index (χ4n) is 7.26. The first-order chi connectivity index (χ1) is 22.0. The summed E-state index contributed by atoms with van der Waals surface area (Å²) < 4.78 is 13.7. The number of ether oxygens (including phenoxy) is 2. The Balaban J connectivity index is 1.19. The van der Waals surface area contributed by atoms with Crippen molar-refractivity contribution in [2.24, 2.45) is 0 Å². The van der Waals surface area contributed by atoms with Crippen LogP contribution in [-0.4, -0.2) is 53.9 Å². The SMILES string of the molecule is Nc1cccc(C2O[C@H](CN3CCC4(CC3)C(=O)NCN4c3ccccc3)[C@@H](c3ccccc3)[C@H](c3ccc(CO)cc3)O2)c1. The molecule has 4 aromatic rings. The molecule has 4 atom stereocenters. The zero-order valence-electron chi connectivity index (χ0n) is 25.3. The molecule has 8 nitrogen and oxygen atoms in total. The molecule has 0 aromatic heterocycles. The number of hydrogen-bond donors (Lipinski definition) is 3. The van der Waals surface area contributed by atoms with Crippen LogP contribution in [0.4, 0.5) is 11.4 Å². The Labute approximate surface area is 264 Å². The van der Waals surface area contributed by atoms with Crippen molar-refractivity contribution < 1.29 is 19.4 Å². The molecule has 4 aromatic carbocycles. The van der Waals surface area contributed by atoms with E-state index in [1.165, 1.54) is 0 Å². The number of aliphatic hydroxyl groups excluding tert-OH is 1.